The molecule has 168 valence electrons. The molecule has 0 spiro atoms. The third-order valence-electron chi connectivity index (χ3n) is 6.06. The van der Waals surface area contributed by atoms with Crippen LogP contribution >= 0.6 is 0 Å². The maximum absolute atomic E-state index is 6.00. The largest absolute Gasteiger partial charge is 0.381 e. The molecule has 2 saturated heterocycles. The molecular formula is C24H40N4O2. The maximum Gasteiger partial charge on any atom is 0.191 e. The SMILES string of the molecule is CCNC(=NCC1(c2ccccc2)CCOCC1)NCC1CN(CC(C)C)CCO1. The predicted molar refractivity (Wildman–Crippen MR) is 123 cm³/mol. The Balaban J connectivity index is 1.61. The quantitative estimate of drug-likeness (QED) is 0.504. The van der Waals surface area contributed by atoms with Crippen molar-refractivity contribution in [3.8, 4) is 0 Å². The van der Waals surface area contributed by atoms with E-state index in [1.54, 1.807) is 0 Å². The van der Waals surface area contributed by atoms with Gasteiger partial charge in [0.25, 0.3) is 0 Å². The first kappa shape index (κ1) is 23.0. The van der Waals surface area contributed by atoms with Crippen molar-refractivity contribution in [2.45, 2.75) is 45.1 Å². The van der Waals surface area contributed by atoms with Gasteiger partial charge in [-0.25, -0.2) is 0 Å². The fourth-order valence-electron chi connectivity index (χ4n) is 4.46. The van der Waals surface area contributed by atoms with E-state index in [4.69, 9.17) is 14.5 Å². The summed E-state index contributed by atoms with van der Waals surface area (Å²) < 4.78 is 11.7. The number of benzene rings is 1. The van der Waals surface area contributed by atoms with Crippen LogP contribution in [0.1, 0.15) is 39.2 Å². The van der Waals surface area contributed by atoms with Gasteiger partial charge in [-0.1, -0.05) is 44.2 Å². The van der Waals surface area contributed by atoms with Crippen molar-refractivity contribution in [3.63, 3.8) is 0 Å². The normalized spacial score (nSPS) is 22.8. The van der Waals surface area contributed by atoms with E-state index in [-0.39, 0.29) is 11.5 Å². The third-order valence-corrected chi connectivity index (χ3v) is 6.06. The van der Waals surface area contributed by atoms with E-state index >= 15 is 0 Å². The van der Waals surface area contributed by atoms with Crippen LogP contribution in [0.3, 0.4) is 0 Å². The lowest BCUT2D eigenvalue weighted by molar-refractivity contribution is -0.0284. The van der Waals surface area contributed by atoms with E-state index in [2.05, 4.69) is 66.6 Å². The molecule has 0 radical (unpaired) electrons. The molecule has 1 atom stereocenters. The van der Waals surface area contributed by atoms with Gasteiger partial charge in [-0.2, -0.15) is 0 Å². The van der Waals surface area contributed by atoms with Crippen LogP contribution in [-0.4, -0.2) is 76.1 Å². The molecule has 0 aromatic heterocycles. The zero-order valence-corrected chi connectivity index (χ0v) is 19.0. The van der Waals surface area contributed by atoms with Crippen molar-refractivity contribution in [2.24, 2.45) is 10.9 Å². The number of hydrogen-bond donors (Lipinski definition) is 2. The Kier molecular flexibility index (Phi) is 8.97. The van der Waals surface area contributed by atoms with E-state index in [0.717, 1.165) is 77.9 Å². The van der Waals surface area contributed by atoms with Gasteiger partial charge >= 0.3 is 0 Å². The number of nitrogens with zero attached hydrogens (tertiary/aromatic N) is 2. The molecule has 3 rings (SSSR count). The van der Waals surface area contributed by atoms with Gasteiger partial charge in [-0.3, -0.25) is 9.89 Å². The number of hydrogen-bond acceptors (Lipinski definition) is 4. The molecule has 2 N–H and O–H groups in total. The van der Waals surface area contributed by atoms with Crippen LogP contribution in [0.4, 0.5) is 0 Å². The minimum absolute atomic E-state index is 0.0528. The molecule has 2 aliphatic rings. The number of morpholine rings is 1. The Morgan fingerprint density at radius 1 is 1.17 bits per heavy atom. The fourth-order valence-corrected chi connectivity index (χ4v) is 4.46. The predicted octanol–water partition coefficient (Wildman–Crippen LogP) is 2.65. The summed E-state index contributed by atoms with van der Waals surface area (Å²) in [6.45, 7) is 14.6. The van der Waals surface area contributed by atoms with Gasteiger partial charge in [0.05, 0.1) is 19.3 Å². The molecule has 6 nitrogen and oxygen atoms in total. The van der Waals surface area contributed by atoms with E-state index in [9.17, 15) is 0 Å². The molecule has 0 bridgehead atoms. The zero-order valence-electron chi connectivity index (χ0n) is 19.0. The van der Waals surface area contributed by atoms with Gasteiger partial charge in [-0.15, -0.1) is 0 Å². The minimum atomic E-state index is 0.0528. The van der Waals surface area contributed by atoms with Gasteiger partial charge in [0.2, 0.25) is 0 Å². The van der Waals surface area contributed by atoms with Crippen LogP contribution in [0.2, 0.25) is 0 Å². The summed E-state index contributed by atoms with van der Waals surface area (Å²) in [5, 5.41) is 6.94. The summed E-state index contributed by atoms with van der Waals surface area (Å²) >= 11 is 0. The van der Waals surface area contributed by atoms with Gasteiger partial charge in [-0.05, 0) is 31.2 Å². The van der Waals surface area contributed by atoms with Crippen LogP contribution in [0, 0.1) is 5.92 Å². The average Bonchev–Trinajstić information content (AvgIpc) is 2.77. The molecule has 0 aliphatic carbocycles. The molecule has 2 heterocycles. The van der Waals surface area contributed by atoms with E-state index in [0.29, 0.717) is 5.92 Å². The Hall–Kier alpha value is -1.63. The Morgan fingerprint density at radius 2 is 1.93 bits per heavy atom. The highest BCUT2D eigenvalue weighted by molar-refractivity contribution is 5.79. The first-order valence-corrected chi connectivity index (χ1v) is 11.6. The number of aliphatic imine (C=N–C) groups is 1. The number of rotatable bonds is 8. The molecule has 30 heavy (non-hydrogen) atoms. The molecule has 0 amide bonds. The lowest BCUT2D eigenvalue weighted by atomic mass is 9.74. The summed E-state index contributed by atoms with van der Waals surface area (Å²) in [7, 11) is 0. The topological polar surface area (TPSA) is 58.1 Å². The standard InChI is InChI=1S/C24H40N4O2/c1-4-25-23(26-16-22-18-28(12-15-30-22)17-20(2)3)27-19-24(10-13-29-14-11-24)21-8-6-5-7-9-21/h5-9,20,22H,4,10-19H2,1-3H3,(H2,25,26,27). The van der Waals surface area contributed by atoms with Crippen molar-refractivity contribution in [1.82, 2.24) is 15.5 Å². The van der Waals surface area contributed by atoms with Crippen LogP contribution in [0.5, 0.6) is 0 Å². The van der Waals surface area contributed by atoms with E-state index < -0.39 is 0 Å². The van der Waals surface area contributed by atoms with Gasteiger partial charge in [0.15, 0.2) is 5.96 Å². The second-order valence-corrected chi connectivity index (χ2v) is 8.98. The van der Waals surface area contributed by atoms with Crippen molar-refractivity contribution in [1.29, 1.82) is 0 Å². The number of nitrogens with one attached hydrogen (secondary N) is 2. The summed E-state index contributed by atoms with van der Waals surface area (Å²) in [6.07, 6.45) is 2.22. The van der Waals surface area contributed by atoms with Gasteiger partial charge < -0.3 is 20.1 Å². The maximum atomic E-state index is 6.00. The third kappa shape index (κ3) is 6.69. The summed E-state index contributed by atoms with van der Waals surface area (Å²) in [6, 6.07) is 10.8. The highest BCUT2D eigenvalue weighted by Crippen LogP contribution is 2.35. The molecule has 2 aliphatic heterocycles. The van der Waals surface area contributed by atoms with Crippen LogP contribution < -0.4 is 10.6 Å². The van der Waals surface area contributed by atoms with Crippen molar-refractivity contribution >= 4 is 5.96 Å². The molecular weight excluding hydrogens is 376 g/mol. The minimum Gasteiger partial charge on any atom is -0.381 e. The van der Waals surface area contributed by atoms with Crippen LogP contribution in [-0.2, 0) is 14.9 Å². The van der Waals surface area contributed by atoms with Crippen molar-refractivity contribution in [3.05, 3.63) is 35.9 Å². The summed E-state index contributed by atoms with van der Waals surface area (Å²) in [5.74, 6) is 1.56. The molecule has 6 heteroatoms. The van der Waals surface area contributed by atoms with Crippen molar-refractivity contribution in [2.75, 3.05) is 59.1 Å². The lowest BCUT2D eigenvalue weighted by Gasteiger charge is -2.37. The molecule has 1 aromatic carbocycles. The Morgan fingerprint density at radius 3 is 2.63 bits per heavy atom. The lowest BCUT2D eigenvalue weighted by Crippen LogP contribution is -2.50. The Bertz CT molecular complexity index is 644. The van der Waals surface area contributed by atoms with Crippen molar-refractivity contribution < 1.29 is 9.47 Å². The fraction of sp³-hybridized carbons (Fsp3) is 0.708. The highest BCUT2D eigenvalue weighted by atomic mass is 16.5. The Labute approximate surface area is 182 Å². The first-order chi connectivity index (χ1) is 14.6. The second kappa shape index (κ2) is 11.7. The van der Waals surface area contributed by atoms with E-state index in [1.165, 1.54) is 5.56 Å². The van der Waals surface area contributed by atoms with Crippen LogP contribution in [0.25, 0.3) is 0 Å². The molecule has 1 unspecified atom stereocenters. The number of ether oxygens (including phenoxy) is 2. The highest BCUT2D eigenvalue weighted by Gasteiger charge is 2.34. The molecule has 0 saturated carbocycles. The smallest absolute Gasteiger partial charge is 0.191 e. The molecule has 1 aromatic rings. The second-order valence-electron chi connectivity index (χ2n) is 8.98. The van der Waals surface area contributed by atoms with E-state index in [1.807, 2.05) is 0 Å². The van der Waals surface area contributed by atoms with Gasteiger partial charge in [0, 0.05) is 51.4 Å². The number of guanidine groups is 1. The van der Waals surface area contributed by atoms with Gasteiger partial charge in [0.1, 0.15) is 0 Å². The van der Waals surface area contributed by atoms with Crippen LogP contribution in [0.15, 0.2) is 35.3 Å². The average molecular weight is 417 g/mol. The monoisotopic (exact) mass is 416 g/mol. The first-order valence-electron chi connectivity index (χ1n) is 11.6. The molecule has 2 fully saturated rings. The summed E-state index contributed by atoms with van der Waals surface area (Å²) in [5.41, 5.74) is 1.42. The summed E-state index contributed by atoms with van der Waals surface area (Å²) in [4.78, 5) is 7.52. The zero-order chi connectivity index (χ0) is 21.2.